The monoisotopic (exact) mass is 774 g/mol. The van der Waals surface area contributed by atoms with Gasteiger partial charge in [0.2, 0.25) is 0 Å². The van der Waals surface area contributed by atoms with E-state index in [0.29, 0.717) is 16.4 Å². The second kappa shape index (κ2) is 13.8. The molecule has 3 aliphatic rings. The van der Waals surface area contributed by atoms with Gasteiger partial charge >= 0.3 is 0 Å². The van der Waals surface area contributed by atoms with Gasteiger partial charge in [-0.3, -0.25) is 0 Å². The average Bonchev–Trinajstić information content (AvgIpc) is 3.78. The predicted octanol–water partition coefficient (Wildman–Crippen LogP) is 16.0. The van der Waals surface area contributed by atoms with Crippen LogP contribution in [0.1, 0.15) is 70.6 Å². The molecule has 1 spiro atoms. The van der Waals surface area contributed by atoms with Crippen molar-refractivity contribution < 1.29 is 0 Å². The molecule has 0 saturated heterocycles. The summed E-state index contributed by atoms with van der Waals surface area (Å²) >= 11 is 7.85. The summed E-state index contributed by atoms with van der Waals surface area (Å²) in [6.07, 6.45) is 3.82. The van der Waals surface area contributed by atoms with Crippen LogP contribution in [0, 0.1) is 17.3 Å². The van der Waals surface area contributed by atoms with Crippen molar-refractivity contribution in [3.63, 3.8) is 0 Å². The van der Waals surface area contributed by atoms with Crippen LogP contribution >= 0.6 is 11.6 Å². The van der Waals surface area contributed by atoms with Gasteiger partial charge in [-0.15, -0.1) is 0 Å². The molecule has 3 aliphatic carbocycles. The molecular formula is C55H51ClN2. The van der Waals surface area contributed by atoms with E-state index < -0.39 is 0 Å². The lowest BCUT2D eigenvalue weighted by Gasteiger charge is -2.39. The number of hydrogen-bond donors (Lipinski definition) is 0. The molecule has 2 nitrogen and oxygen atoms in total. The minimum atomic E-state index is 0.0117. The highest BCUT2D eigenvalue weighted by atomic mass is 35.5. The third-order valence-electron chi connectivity index (χ3n) is 14.0. The van der Waals surface area contributed by atoms with E-state index in [1.54, 1.807) is 0 Å². The van der Waals surface area contributed by atoms with Crippen molar-refractivity contribution in [2.24, 2.45) is 17.3 Å². The van der Waals surface area contributed by atoms with Crippen molar-refractivity contribution in [2.75, 3.05) is 9.80 Å². The molecule has 0 radical (unpaired) electrons. The van der Waals surface area contributed by atoms with E-state index in [1.807, 2.05) is 0 Å². The molecule has 3 heteroatoms. The van der Waals surface area contributed by atoms with Crippen molar-refractivity contribution in [1.82, 2.24) is 0 Å². The highest BCUT2D eigenvalue weighted by Gasteiger charge is 2.64. The first kappa shape index (κ1) is 36.7. The molecule has 0 aromatic heterocycles. The van der Waals surface area contributed by atoms with Crippen molar-refractivity contribution in [2.45, 2.75) is 64.7 Å². The largest absolute Gasteiger partial charge is 0.309 e. The number of anilines is 6. The lowest BCUT2D eigenvalue weighted by molar-refractivity contribution is 0.232. The maximum absolute atomic E-state index is 7.85. The van der Waals surface area contributed by atoms with Crippen molar-refractivity contribution in [3.8, 4) is 22.3 Å². The number of benzene rings is 7. The maximum Gasteiger partial charge on any atom is 0.0887 e. The van der Waals surface area contributed by atoms with Crippen molar-refractivity contribution in [1.29, 1.82) is 0 Å². The van der Waals surface area contributed by atoms with Crippen LogP contribution in [0.5, 0.6) is 0 Å². The Morgan fingerprint density at radius 3 is 1.67 bits per heavy atom. The molecule has 7 aromatic carbocycles. The van der Waals surface area contributed by atoms with Crippen LogP contribution in [0.4, 0.5) is 34.1 Å². The summed E-state index contributed by atoms with van der Waals surface area (Å²) in [6.45, 7) is 11.9. The molecule has 288 valence electrons. The normalized spacial score (nSPS) is 19.9. The van der Waals surface area contributed by atoms with Crippen molar-refractivity contribution >= 4 is 45.7 Å². The fourth-order valence-corrected chi connectivity index (χ4v) is 11.4. The van der Waals surface area contributed by atoms with Crippen molar-refractivity contribution in [3.05, 3.63) is 192 Å². The van der Waals surface area contributed by atoms with E-state index in [2.05, 4.69) is 214 Å². The second-order valence-electron chi connectivity index (χ2n) is 18.4. The standard InChI is InChI=1S/C55H51ClN2/c1-53(2,3)39-25-30-43(31-26-39)58(44-32-33-46-45-19-12-13-20-47(45)55(48(46)35-44)36-40-27-34-51(55)54(40,4)5)50-22-14-21-49(52(50)56)57(41-17-10-7-11-18-41)42-28-23-38(24-29-42)37-15-8-6-9-16-37/h6-26,28-33,35,40,51H,27,34,36H2,1-5H3. The summed E-state index contributed by atoms with van der Waals surface area (Å²) in [5, 5.41) is 0.693. The van der Waals surface area contributed by atoms with E-state index in [9.17, 15) is 0 Å². The number of rotatable bonds is 7. The quantitative estimate of drug-likeness (QED) is 0.159. The first-order valence-corrected chi connectivity index (χ1v) is 21.4. The highest BCUT2D eigenvalue weighted by molar-refractivity contribution is 6.36. The van der Waals surface area contributed by atoms with E-state index in [0.717, 1.165) is 40.0 Å². The molecule has 0 aliphatic heterocycles. The van der Waals surface area contributed by atoms with Gasteiger partial charge in [0.1, 0.15) is 0 Å². The molecule has 2 fully saturated rings. The number of para-hydroxylation sites is 1. The zero-order chi connectivity index (χ0) is 39.8. The van der Waals surface area contributed by atoms with Crippen LogP contribution in [0.15, 0.2) is 170 Å². The van der Waals surface area contributed by atoms with Crippen LogP contribution < -0.4 is 9.80 Å². The topological polar surface area (TPSA) is 6.48 Å². The molecule has 3 unspecified atom stereocenters. The van der Waals surface area contributed by atoms with Gasteiger partial charge in [0.05, 0.1) is 16.4 Å². The minimum absolute atomic E-state index is 0.0117. The smallest absolute Gasteiger partial charge is 0.0887 e. The van der Waals surface area contributed by atoms with E-state index in [1.165, 1.54) is 58.2 Å². The second-order valence-corrected chi connectivity index (χ2v) is 18.8. The molecular weight excluding hydrogens is 724 g/mol. The minimum Gasteiger partial charge on any atom is -0.309 e. The van der Waals surface area contributed by atoms with Gasteiger partial charge in [-0.05, 0) is 142 Å². The Hall–Kier alpha value is -5.57. The molecule has 10 rings (SSSR count). The summed E-state index contributed by atoms with van der Waals surface area (Å²) in [5.41, 5.74) is 16.0. The van der Waals surface area contributed by atoms with Gasteiger partial charge in [0.15, 0.2) is 0 Å². The Kier molecular flexibility index (Phi) is 8.73. The van der Waals surface area contributed by atoms with Gasteiger partial charge in [-0.25, -0.2) is 0 Å². The Balaban J connectivity index is 1.15. The van der Waals surface area contributed by atoms with E-state index >= 15 is 0 Å². The molecule has 58 heavy (non-hydrogen) atoms. The zero-order valence-electron chi connectivity index (χ0n) is 34.2. The van der Waals surface area contributed by atoms with E-state index in [-0.39, 0.29) is 10.8 Å². The Morgan fingerprint density at radius 1 is 0.517 bits per heavy atom. The third-order valence-corrected chi connectivity index (χ3v) is 14.4. The summed E-state index contributed by atoms with van der Waals surface area (Å²) in [5.74, 6) is 1.32. The van der Waals surface area contributed by atoms with E-state index in [4.69, 9.17) is 11.6 Å². The molecule has 2 saturated carbocycles. The first-order chi connectivity index (χ1) is 28.1. The molecule has 0 amide bonds. The number of nitrogens with zero attached hydrogens (tertiary/aromatic N) is 2. The third kappa shape index (κ3) is 5.75. The van der Waals surface area contributed by atoms with Gasteiger partial charge in [0, 0.05) is 28.2 Å². The van der Waals surface area contributed by atoms with Gasteiger partial charge < -0.3 is 9.80 Å². The zero-order valence-corrected chi connectivity index (χ0v) is 35.0. The molecule has 3 atom stereocenters. The summed E-state index contributed by atoms with van der Waals surface area (Å²) in [4.78, 5) is 4.68. The summed E-state index contributed by atoms with van der Waals surface area (Å²) in [6, 6.07) is 62.1. The Morgan fingerprint density at radius 2 is 1.05 bits per heavy atom. The number of halogens is 1. The van der Waals surface area contributed by atoms with Crippen LogP contribution in [0.3, 0.4) is 0 Å². The van der Waals surface area contributed by atoms with Gasteiger partial charge in [-0.2, -0.15) is 0 Å². The van der Waals surface area contributed by atoms with Gasteiger partial charge in [0.25, 0.3) is 0 Å². The SMILES string of the molecule is CC(C)(C)c1ccc(N(c2ccc3c(c2)C2(CC4CCC2C4(C)C)c2ccccc2-3)c2cccc(N(c3ccccc3)c3ccc(-c4ccccc4)cc3)c2Cl)cc1. The molecule has 0 N–H and O–H groups in total. The van der Waals surface area contributed by atoms with Crippen LogP contribution in [0.2, 0.25) is 5.02 Å². The number of hydrogen-bond acceptors (Lipinski definition) is 2. The lowest BCUT2D eigenvalue weighted by Crippen LogP contribution is -2.34. The fraction of sp³-hybridized carbons (Fsp3) is 0.236. The number of fused-ring (bicyclic) bond motifs is 8. The molecule has 7 aromatic rings. The van der Waals surface area contributed by atoms with Crippen LogP contribution in [-0.4, -0.2) is 0 Å². The maximum atomic E-state index is 7.85. The molecule has 0 heterocycles. The molecule has 2 bridgehead atoms. The Bertz CT molecular complexity index is 2620. The van der Waals surface area contributed by atoms with Crippen LogP contribution in [-0.2, 0) is 10.8 Å². The fourth-order valence-electron chi connectivity index (χ4n) is 11.1. The first-order valence-electron chi connectivity index (χ1n) is 21.0. The van der Waals surface area contributed by atoms with Gasteiger partial charge in [-0.1, -0.05) is 155 Å². The highest BCUT2D eigenvalue weighted by Crippen LogP contribution is 2.72. The predicted molar refractivity (Wildman–Crippen MR) is 246 cm³/mol. The summed E-state index contributed by atoms with van der Waals surface area (Å²) < 4.78 is 0. The van der Waals surface area contributed by atoms with Crippen LogP contribution in [0.25, 0.3) is 22.3 Å². The lowest BCUT2D eigenvalue weighted by atomic mass is 9.64. The average molecular weight is 775 g/mol. The Labute approximate surface area is 349 Å². The summed E-state index contributed by atoms with van der Waals surface area (Å²) in [7, 11) is 0.